The van der Waals surface area contributed by atoms with E-state index in [0.29, 0.717) is 11.3 Å². The van der Waals surface area contributed by atoms with Crippen LogP contribution in [-0.4, -0.2) is 22.7 Å². The van der Waals surface area contributed by atoms with Crippen LogP contribution in [0.3, 0.4) is 0 Å². The molecule has 0 aromatic rings. The van der Waals surface area contributed by atoms with E-state index in [0.717, 1.165) is 30.8 Å². The molecule has 0 bridgehead atoms. The normalized spacial score (nSPS) is 34.4. The smallest absolute Gasteiger partial charge is 0.0787 e. The molecule has 3 unspecified atom stereocenters. The van der Waals surface area contributed by atoms with E-state index in [4.69, 9.17) is 0 Å². The van der Waals surface area contributed by atoms with E-state index >= 15 is 0 Å². The number of aliphatic hydroxyl groups is 1. The van der Waals surface area contributed by atoms with Crippen LogP contribution >= 0.6 is 11.8 Å². The Morgan fingerprint density at radius 3 is 2.89 bits per heavy atom. The van der Waals surface area contributed by atoms with Crippen molar-refractivity contribution in [3.05, 3.63) is 47.1 Å². The summed E-state index contributed by atoms with van der Waals surface area (Å²) in [5.41, 5.74) is 5.92. The van der Waals surface area contributed by atoms with Crippen molar-refractivity contribution in [1.82, 2.24) is 0 Å². The molecule has 2 saturated carbocycles. The summed E-state index contributed by atoms with van der Waals surface area (Å²) in [4.78, 5) is 0. The van der Waals surface area contributed by atoms with Gasteiger partial charge in [-0.3, -0.25) is 0 Å². The van der Waals surface area contributed by atoms with Gasteiger partial charge in [-0.15, -0.1) is 0 Å². The van der Waals surface area contributed by atoms with Gasteiger partial charge in [0.1, 0.15) is 0 Å². The van der Waals surface area contributed by atoms with Gasteiger partial charge in [0, 0.05) is 5.75 Å². The Hall–Kier alpha value is -0.730. The van der Waals surface area contributed by atoms with Gasteiger partial charge in [0.25, 0.3) is 0 Å². The molecule has 3 atom stereocenters. The van der Waals surface area contributed by atoms with E-state index in [9.17, 15) is 5.11 Å². The molecular formula is C25H38OS. The van der Waals surface area contributed by atoms with Crippen LogP contribution in [0.2, 0.25) is 0 Å². The molecule has 2 heteroatoms. The van der Waals surface area contributed by atoms with E-state index in [2.05, 4.69) is 57.3 Å². The minimum absolute atomic E-state index is 0.331. The minimum Gasteiger partial charge on any atom is -0.388 e. The topological polar surface area (TPSA) is 20.2 Å². The van der Waals surface area contributed by atoms with Crippen LogP contribution in [-0.2, 0) is 0 Å². The van der Waals surface area contributed by atoms with Gasteiger partial charge in [-0.1, -0.05) is 56.7 Å². The summed E-state index contributed by atoms with van der Waals surface area (Å²) < 4.78 is 0. The van der Waals surface area contributed by atoms with Crippen molar-refractivity contribution >= 4 is 11.8 Å². The monoisotopic (exact) mass is 386 g/mol. The van der Waals surface area contributed by atoms with Crippen LogP contribution < -0.4 is 0 Å². The highest BCUT2D eigenvalue weighted by Gasteiger charge is 2.44. The van der Waals surface area contributed by atoms with Crippen molar-refractivity contribution in [3.63, 3.8) is 0 Å². The third-order valence-electron chi connectivity index (χ3n) is 7.05. The van der Waals surface area contributed by atoms with Gasteiger partial charge >= 0.3 is 0 Å². The van der Waals surface area contributed by atoms with Gasteiger partial charge in [-0.05, 0) is 85.5 Å². The van der Waals surface area contributed by atoms with Gasteiger partial charge in [0.05, 0.1) is 6.10 Å². The molecular weight excluding hydrogens is 348 g/mol. The van der Waals surface area contributed by atoms with E-state index < -0.39 is 0 Å². The molecule has 27 heavy (non-hydrogen) atoms. The molecule has 0 radical (unpaired) electrons. The average Bonchev–Trinajstić information content (AvgIpc) is 2.96. The molecule has 1 N–H and O–H groups in total. The van der Waals surface area contributed by atoms with Gasteiger partial charge in [0.15, 0.2) is 0 Å². The Morgan fingerprint density at radius 1 is 1.30 bits per heavy atom. The van der Waals surface area contributed by atoms with Gasteiger partial charge in [0.2, 0.25) is 0 Å². The SMILES string of the molecule is C=C1/C(=C\C=C2/CCCC3(C)C(CSCCC(C)C)=CCC23)CCCC1O. The molecule has 0 aromatic heterocycles. The number of allylic oxidation sites excluding steroid dienone is 4. The molecule has 0 amide bonds. The second-order valence-corrected chi connectivity index (χ2v) is 10.5. The highest BCUT2D eigenvalue weighted by Crippen LogP contribution is 2.55. The molecule has 0 aliphatic heterocycles. The van der Waals surface area contributed by atoms with Crippen molar-refractivity contribution in [2.75, 3.05) is 11.5 Å². The average molecular weight is 387 g/mol. The third kappa shape index (κ3) is 4.82. The summed E-state index contributed by atoms with van der Waals surface area (Å²) in [5.74, 6) is 4.00. The molecule has 0 spiro atoms. The Bertz CT molecular complexity index is 639. The van der Waals surface area contributed by atoms with Crippen molar-refractivity contribution in [2.45, 2.75) is 78.2 Å². The van der Waals surface area contributed by atoms with Crippen LogP contribution in [0.1, 0.15) is 72.1 Å². The third-order valence-corrected chi connectivity index (χ3v) is 8.09. The summed E-state index contributed by atoms with van der Waals surface area (Å²) in [5, 5.41) is 10.1. The first-order chi connectivity index (χ1) is 12.9. The molecule has 1 nitrogen and oxygen atoms in total. The Labute approximate surface area is 171 Å². The van der Waals surface area contributed by atoms with E-state index in [1.165, 1.54) is 49.2 Å². The molecule has 150 valence electrons. The van der Waals surface area contributed by atoms with Crippen LogP contribution in [0, 0.1) is 17.3 Å². The Kier molecular flexibility index (Phi) is 7.14. The van der Waals surface area contributed by atoms with Gasteiger partial charge < -0.3 is 5.11 Å². The highest BCUT2D eigenvalue weighted by molar-refractivity contribution is 7.99. The highest BCUT2D eigenvalue weighted by atomic mass is 32.2. The minimum atomic E-state index is -0.331. The number of hydrogen-bond acceptors (Lipinski definition) is 2. The predicted molar refractivity (Wildman–Crippen MR) is 120 cm³/mol. The first-order valence-electron chi connectivity index (χ1n) is 11.0. The lowest BCUT2D eigenvalue weighted by Gasteiger charge is -2.41. The summed E-state index contributed by atoms with van der Waals surface area (Å²) >= 11 is 2.13. The zero-order valence-corrected chi connectivity index (χ0v) is 18.4. The first-order valence-corrected chi connectivity index (χ1v) is 12.1. The van der Waals surface area contributed by atoms with Crippen LogP contribution in [0.25, 0.3) is 0 Å². The first kappa shape index (κ1) is 21.0. The fourth-order valence-electron chi connectivity index (χ4n) is 5.06. The lowest BCUT2D eigenvalue weighted by molar-refractivity contribution is 0.191. The standard InChI is InChI=1S/C25H38OS/c1-18(2)14-16-27-17-22-12-13-23-21(8-6-15-25(22,23)4)11-10-20-7-5-9-24(26)19(20)3/h10-12,18,23-24,26H,3,5-9,13-17H2,1-2,4H3/b20-10-,21-11+. The second-order valence-electron chi connectivity index (χ2n) is 9.39. The van der Waals surface area contributed by atoms with E-state index in [1.54, 1.807) is 11.1 Å². The molecule has 0 saturated heterocycles. The predicted octanol–water partition coefficient (Wildman–Crippen LogP) is 6.86. The summed E-state index contributed by atoms with van der Waals surface area (Å²) in [6.45, 7) is 11.3. The number of fused-ring (bicyclic) bond motifs is 1. The molecule has 2 fully saturated rings. The van der Waals surface area contributed by atoms with E-state index in [-0.39, 0.29) is 6.10 Å². The zero-order chi connectivity index (χ0) is 19.4. The van der Waals surface area contributed by atoms with Crippen molar-refractivity contribution in [1.29, 1.82) is 0 Å². The molecule has 0 aromatic carbocycles. The van der Waals surface area contributed by atoms with Gasteiger partial charge in [-0.25, -0.2) is 0 Å². The maximum absolute atomic E-state index is 10.1. The maximum Gasteiger partial charge on any atom is 0.0787 e. The molecule has 3 aliphatic carbocycles. The summed E-state index contributed by atoms with van der Waals surface area (Å²) in [6, 6.07) is 0. The van der Waals surface area contributed by atoms with Crippen molar-refractivity contribution < 1.29 is 5.11 Å². The fraction of sp³-hybridized carbons (Fsp3) is 0.680. The molecule has 3 rings (SSSR count). The Morgan fingerprint density at radius 2 is 2.11 bits per heavy atom. The van der Waals surface area contributed by atoms with E-state index in [1.807, 2.05) is 0 Å². The lowest BCUT2D eigenvalue weighted by atomic mass is 9.64. The summed E-state index contributed by atoms with van der Waals surface area (Å²) in [7, 11) is 0. The van der Waals surface area contributed by atoms with Crippen molar-refractivity contribution in [3.8, 4) is 0 Å². The fourth-order valence-corrected chi connectivity index (χ4v) is 6.51. The molecule has 0 heterocycles. The molecule has 3 aliphatic rings. The number of aliphatic hydroxyl groups excluding tert-OH is 1. The number of thioether (sulfide) groups is 1. The maximum atomic E-state index is 10.1. The van der Waals surface area contributed by atoms with Crippen LogP contribution in [0.4, 0.5) is 0 Å². The van der Waals surface area contributed by atoms with Crippen molar-refractivity contribution in [2.24, 2.45) is 17.3 Å². The van der Waals surface area contributed by atoms with Crippen LogP contribution in [0.5, 0.6) is 0 Å². The second kappa shape index (κ2) is 9.18. The quantitative estimate of drug-likeness (QED) is 0.397. The van der Waals surface area contributed by atoms with Crippen LogP contribution in [0.15, 0.2) is 47.1 Å². The largest absolute Gasteiger partial charge is 0.388 e. The van der Waals surface area contributed by atoms with Gasteiger partial charge in [-0.2, -0.15) is 11.8 Å². The zero-order valence-electron chi connectivity index (χ0n) is 17.6. The number of hydrogen-bond donors (Lipinski definition) is 1. The summed E-state index contributed by atoms with van der Waals surface area (Å²) in [6.07, 6.45) is 16.3. The Balaban J connectivity index is 1.66. The number of rotatable bonds is 6. The lowest BCUT2D eigenvalue weighted by Crippen LogP contribution is -2.31.